The maximum Gasteiger partial charge on any atom is 0.396 e. The lowest BCUT2D eigenvalue weighted by atomic mass is 9.90. The van der Waals surface area contributed by atoms with E-state index < -0.39 is 24.0 Å². The molecule has 7 nitrogen and oxygen atoms in total. The summed E-state index contributed by atoms with van der Waals surface area (Å²) in [4.78, 5) is 18.0. The number of hydrogen-bond acceptors (Lipinski definition) is 6. The van der Waals surface area contributed by atoms with Crippen molar-refractivity contribution in [3.05, 3.63) is 40.5 Å². The number of aromatic hydroxyl groups is 1. The third-order valence-electron chi connectivity index (χ3n) is 4.66. The number of ether oxygens (including phenoxy) is 1. The van der Waals surface area contributed by atoms with Gasteiger partial charge in [0.15, 0.2) is 5.82 Å². The fraction of sp³-hybridized carbons (Fsp3) is 0.471. The molecule has 1 aromatic carbocycles. The van der Waals surface area contributed by atoms with Crippen molar-refractivity contribution in [1.29, 1.82) is 0 Å². The number of halogens is 4. The van der Waals surface area contributed by atoms with Crippen molar-refractivity contribution < 1.29 is 32.3 Å². The molecule has 1 amide bonds. The Balaban J connectivity index is 1.72. The molecule has 1 saturated heterocycles. The maximum absolute atomic E-state index is 12.6. The number of alkyl halides is 3. The lowest BCUT2D eigenvalue weighted by Gasteiger charge is -2.38. The van der Waals surface area contributed by atoms with E-state index in [4.69, 9.17) is 20.9 Å². The number of hydrogen-bond donors (Lipinski definition) is 1. The minimum atomic E-state index is -4.45. The van der Waals surface area contributed by atoms with Crippen LogP contribution in [0, 0.1) is 0 Å². The normalized spacial score (nSPS) is 17.0. The zero-order valence-corrected chi connectivity index (χ0v) is 15.5. The highest BCUT2D eigenvalue weighted by atomic mass is 35.5. The van der Waals surface area contributed by atoms with Crippen LogP contribution in [0.5, 0.6) is 5.75 Å². The number of amides is 1. The second kappa shape index (κ2) is 7.59. The van der Waals surface area contributed by atoms with Gasteiger partial charge in [-0.25, -0.2) is 0 Å². The van der Waals surface area contributed by atoms with Crippen LogP contribution in [0.25, 0.3) is 0 Å². The van der Waals surface area contributed by atoms with E-state index in [-0.39, 0.29) is 49.0 Å². The number of nitrogens with zero attached hydrogens (tertiary/aromatic N) is 3. The topological polar surface area (TPSA) is 88.7 Å². The summed E-state index contributed by atoms with van der Waals surface area (Å²) in [6.45, 7) is 0.456. The number of likely N-dealkylation sites (tertiary alicyclic amines) is 1. The molecular formula is C17H17ClF3N3O4. The quantitative estimate of drug-likeness (QED) is 0.818. The summed E-state index contributed by atoms with van der Waals surface area (Å²) < 4.78 is 48.0. The number of methoxy groups -OCH3 is 1. The van der Waals surface area contributed by atoms with Gasteiger partial charge in [0.1, 0.15) is 17.8 Å². The molecule has 1 N–H and O–H groups in total. The Hall–Kier alpha value is -2.33. The average Bonchev–Trinajstić information content (AvgIpc) is 3.08. The van der Waals surface area contributed by atoms with Gasteiger partial charge in [-0.1, -0.05) is 16.8 Å². The molecule has 0 bridgehead atoms. The lowest BCUT2D eigenvalue weighted by Crippen LogP contribution is -2.46. The summed E-state index contributed by atoms with van der Waals surface area (Å²) in [6.07, 6.45) is -5.25. The predicted molar refractivity (Wildman–Crippen MR) is 91.0 cm³/mol. The summed E-state index contributed by atoms with van der Waals surface area (Å²) in [5, 5.41) is 13.6. The van der Waals surface area contributed by atoms with Crippen molar-refractivity contribution in [2.24, 2.45) is 0 Å². The zero-order chi connectivity index (χ0) is 20.5. The molecule has 1 aliphatic rings. The summed E-state index contributed by atoms with van der Waals surface area (Å²) >= 11 is 5.78. The Morgan fingerprint density at radius 2 is 2.07 bits per heavy atom. The van der Waals surface area contributed by atoms with E-state index in [2.05, 4.69) is 10.1 Å². The minimum Gasteiger partial charge on any atom is -0.507 e. The smallest absolute Gasteiger partial charge is 0.396 e. The molecule has 1 aromatic heterocycles. The van der Waals surface area contributed by atoms with Crippen LogP contribution in [0.2, 0.25) is 5.02 Å². The molecule has 3 rings (SSSR count). The van der Waals surface area contributed by atoms with Crippen LogP contribution in [-0.4, -0.2) is 52.4 Å². The molecule has 11 heteroatoms. The average molecular weight is 420 g/mol. The fourth-order valence-corrected chi connectivity index (χ4v) is 3.29. The van der Waals surface area contributed by atoms with Gasteiger partial charge in [0.25, 0.3) is 11.8 Å². The van der Waals surface area contributed by atoms with Crippen molar-refractivity contribution in [2.45, 2.75) is 31.0 Å². The third kappa shape index (κ3) is 4.22. The van der Waals surface area contributed by atoms with Crippen molar-refractivity contribution in [1.82, 2.24) is 15.0 Å². The molecule has 0 aliphatic carbocycles. The van der Waals surface area contributed by atoms with Crippen LogP contribution in [0.4, 0.5) is 13.2 Å². The van der Waals surface area contributed by atoms with E-state index in [1.165, 1.54) is 30.2 Å². The Bertz CT molecular complexity index is 864. The first-order valence-corrected chi connectivity index (χ1v) is 8.74. The number of phenolic OH excluding ortho intramolecular Hbond substituents is 1. The molecule has 0 radical (unpaired) electrons. The molecule has 0 atom stereocenters. The fourth-order valence-electron chi connectivity index (χ4n) is 3.12. The number of benzene rings is 1. The van der Waals surface area contributed by atoms with Crippen molar-refractivity contribution in [3.63, 3.8) is 0 Å². The molecule has 28 heavy (non-hydrogen) atoms. The molecule has 2 heterocycles. The van der Waals surface area contributed by atoms with E-state index in [0.29, 0.717) is 5.02 Å². The van der Waals surface area contributed by atoms with Gasteiger partial charge in [0, 0.05) is 38.1 Å². The lowest BCUT2D eigenvalue weighted by molar-refractivity contribution is -0.128. The molecule has 0 saturated carbocycles. The van der Waals surface area contributed by atoms with Gasteiger partial charge in [-0.2, -0.15) is 18.2 Å². The Morgan fingerprint density at radius 1 is 1.39 bits per heavy atom. The molecule has 0 unspecified atom stereocenters. The molecule has 2 aromatic rings. The number of phenols is 1. The second-order valence-electron chi connectivity index (χ2n) is 6.46. The predicted octanol–water partition coefficient (Wildman–Crippen LogP) is 3.31. The van der Waals surface area contributed by atoms with Crippen LogP contribution in [0.15, 0.2) is 22.7 Å². The Morgan fingerprint density at radius 3 is 2.64 bits per heavy atom. The van der Waals surface area contributed by atoms with Gasteiger partial charge in [0.2, 0.25) is 0 Å². The largest absolute Gasteiger partial charge is 0.507 e. The molecule has 1 fully saturated rings. The Kier molecular flexibility index (Phi) is 5.53. The van der Waals surface area contributed by atoms with Gasteiger partial charge in [0.05, 0.1) is 5.56 Å². The maximum atomic E-state index is 12.6. The molecule has 0 spiro atoms. The van der Waals surface area contributed by atoms with Crippen LogP contribution >= 0.6 is 11.6 Å². The molecular weight excluding hydrogens is 403 g/mol. The minimum absolute atomic E-state index is 0.0457. The first-order chi connectivity index (χ1) is 13.1. The van der Waals surface area contributed by atoms with Gasteiger partial charge in [-0.15, -0.1) is 0 Å². The number of piperidine rings is 1. The number of aromatic nitrogens is 2. The van der Waals surface area contributed by atoms with Crippen molar-refractivity contribution >= 4 is 17.5 Å². The van der Waals surface area contributed by atoms with Crippen LogP contribution in [-0.2, 0) is 16.8 Å². The van der Waals surface area contributed by atoms with Gasteiger partial charge in [-0.05, 0) is 18.2 Å². The standard InChI is InChI=1S/C17H17ClF3N3O4/c1-27-16(15-22-13(23-28-15)9-17(19,20)21)4-6-24(7-5-16)14(26)11-3-2-10(18)8-12(11)25/h2-3,8,25H,4-7,9H2,1H3. The van der Waals surface area contributed by atoms with Crippen molar-refractivity contribution in [2.75, 3.05) is 20.2 Å². The highest BCUT2D eigenvalue weighted by Crippen LogP contribution is 2.36. The zero-order valence-electron chi connectivity index (χ0n) is 14.8. The van der Waals surface area contributed by atoms with E-state index in [9.17, 15) is 23.1 Å². The summed E-state index contributed by atoms with van der Waals surface area (Å²) in [5.74, 6) is -1.13. The molecule has 152 valence electrons. The summed E-state index contributed by atoms with van der Waals surface area (Å²) in [6, 6.07) is 4.21. The first-order valence-electron chi connectivity index (χ1n) is 8.36. The highest BCUT2D eigenvalue weighted by molar-refractivity contribution is 6.30. The van der Waals surface area contributed by atoms with E-state index >= 15 is 0 Å². The van der Waals surface area contributed by atoms with E-state index in [1.807, 2.05) is 0 Å². The highest BCUT2D eigenvalue weighted by Gasteiger charge is 2.43. The first kappa shape index (κ1) is 20.4. The number of carbonyl (C=O) groups excluding carboxylic acids is 1. The van der Waals surface area contributed by atoms with E-state index in [1.54, 1.807) is 0 Å². The van der Waals surface area contributed by atoms with Crippen LogP contribution in [0.3, 0.4) is 0 Å². The van der Waals surface area contributed by atoms with Crippen LogP contribution in [0.1, 0.15) is 34.9 Å². The molecule has 1 aliphatic heterocycles. The number of rotatable bonds is 4. The Labute approximate surface area is 163 Å². The van der Waals surface area contributed by atoms with Gasteiger partial charge in [-0.3, -0.25) is 4.79 Å². The van der Waals surface area contributed by atoms with Gasteiger partial charge >= 0.3 is 6.18 Å². The second-order valence-corrected chi connectivity index (χ2v) is 6.90. The number of carbonyl (C=O) groups is 1. The third-order valence-corrected chi connectivity index (χ3v) is 4.89. The monoisotopic (exact) mass is 419 g/mol. The van der Waals surface area contributed by atoms with E-state index in [0.717, 1.165) is 0 Å². The SMILES string of the molecule is COC1(c2nc(CC(F)(F)F)no2)CCN(C(=O)c2ccc(Cl)cc2O)CC1. The summed E-state index contributed by atoms with van der Waals surface area (Å²) in [5.41, 5.74) is -0.963. The summed E-state index contributed by atoms with van der Waals surface area (Å²) in [7, 11) is 1.40. The van der Waals surface area contributed by atoms with Gasteiger partial charge < -0.3 is 19.3 Å². The van der Waals surface area contributed by atoms with Crippen LogP contribution < -0.4 is 0 Å². The van der Waals surface area contributed by atoms with Crippen molar-refractivity contribution in [3.8, 4) is 5.75 Å².